The molecule has 56 valence electrons. The van der Waals surface area contributed by atoms with Crippen molar-refractivity contribution >= 4 is 20.2 Å². The van der Waals surface area contributed by atoms with Gasteiger partial charge in [-0.1, -0.05) is 0 Å². The van der Waals surface area contributed by atoms with Crippen molar-refractivity contribution in [3.63, 3.8) is 0 Å². The van der Waals surface area contributed by atoms with Crippen molar-refractivity contribution in [2.75, 3.05) is 5.08 Å². The molecule has 0 fully saturated rings. The van der Waals surface area contributed by atoms with Gasteiger partial charge in [0.15, 0.2) is 0 Å². The molecule has 0 aliphatic heterocycles. The molecule has 0 N–H and O–H groups in total. The molecular weight excluding hydrogens is 373 g/mol. The molecular formula is CH2HgO6S2. The Morgan fingerprint density at radius 2 is 1.10 bits per heavy atom. The van der Waals surface area contributed by atoms with E-state index in [1.54, 1.807) is 0 Å². The molecule has 0 aliphatic rings. The fourth-order valence-electron chi connectivity index (χ4n) is 0.177. The van der Waals surface area contributed by atoms with E-state index in [-0.39, 0.29) is 27.7 Å². The quantitative estimate of drug-likeness (QED) is 0.409. The smallest absolute Gasteiger partial charge is 0.747 e. The second-order valence-corrected chi connectivity index (χ2v) is 4.41. The van der Waals surface area contributed by atoms with Crippen molar-refractivity contribution < 1.29 is 53.6 Å². The third-order valence-electron chi connectivity index (χ3n) is 0.289. The molecule has 0 unspecified atom stereocenters. The maximum absolute atomic E-state index is 9.51. The van der Waals surface area contributed by atoms with Crippen LogP contribution in [0.25, 0.3) is 0 Å². The van der Waals surface area contributed by atoms with Gasteiger partial charge in [-0.05, 0) is 0 Å². The summed E-state index contributed by atoms with van der Waals surface area (Å²) in [6.45, 7) is 0. The third kappa shape index (κ3) is 11.5. The van der Waals surface area contributed by atoms with Crippen LogP contribution in [0.3, 0.4) is 0 Å². The van der Waals surface area contributed by atoms with E-state index < -0.39 is 25.3 Å². The summed E-state index contributed by atoms with van der Waals surface area (Å²) in [4.78, 5) is 0. The molecule has 0 radical (unpaired) electrons. The topological polar surface area (TPSA) is 114 Å². The second-order valence-electron chi connectivity index (χ2n) is 1.23. The van der Waals surface area contributed by atoms with Gasteiger partial charge in [0.2, 0.25) is 0 Å². The van der Waals surface area contributed by atoms with E-state index in [1.165, 1.54) is 0 Å². The van der Waals surface area contributed by atoms with Crippen molar-refractivity contribution in [2.24, 2.45) is 0 Å². The molecule has 0 bridgehead atoms. The maximum atomic E-state index is 9.51. The van der Waals surface area contributed by atoms with Crippen LogP contribution in [0, 0.1) is 0 Å². The summed E-state index contributed by atoms with van der Waals surface area (Å²) in [7, 11) is -9.86. The van der Waals surface area contributed by atoms with Crippen LogP contribution in [0.5, 0.6) is 0 Å². The minimum Gasteiger partial charge on any atom is -0.747 e. The van der Waals surface area contributed by atoms with Crippen molar-refractivity contribution in [2.45, 2.75) is 0 Å². The van der Waals surface area contributed by atoms with Crippen LogP contribution in [-0.2, 0) is 47.9 Å². The van der Waals surface area contributed by atoms with Crippen molar-refractivity contribution in [1.82, 2.24) is 0 Å². The first kappa shape index (κ1) is 13.4. The molecule has 10 heavy (non-hydrogen) atoms. The standard InChI is InChI=1S/CH4O6S2.Hg/c2-8(3,4)1-9(5,6)7;/h1H2,(H,2,3,4)(H,5,6,7);/q;+2/p-2. The molecule has 0 aliphatic carbocycles. The SMILES string of the molecule is O=S(=O)([O-])CS(=O)(=O)[O-].[Hg+2]. The zero-order valence-electron chi connectivity index (χ0n) is 4.68. The summed E-state index contributed by atoms with van der Waals surface area (Å²) in [5.74, 6) is 0. The Morgan fingerprint density at radius 1 is 0.900 bits per heavy atom. The monoisotopic (exact) mass is 376 g/mol. The van der Waals surface area contributed by atoms with E-state index in [4.69, 9.17) is 0 Å². The third-order valence-corrected chi connectivity index (χ3v) is 2.60. The van der Waals surface area contributed by atoms with E-state index in [0.717, 1.165) is 0 Å². The first-order valence-corrected chi connectivity index (χ1v) is 4.73. The van der Waals surface area contributed by atoms with Crippen LogP contribution in [-0.4, -0.2) is 31.0 Å². The van der Waals surface area contributed by atoms with Gasteiger partial charge in [-0.25, -0.2) is 16.8 Å². The molecule has 0 amide bonds. The number of hydrogen-bond donors (Lipinski definition) is 0. The molecule has 0 saturated heterocycles. The predicted octanol–water partition coefficient (Wildman–Crippen LogP) is -1.97. The van der Waals surface area contributed by atoms with Crippen LogP contribution >= 0.6 is 0 Å². The molecule has 9 heteroatoms. The molecule has 0 spiro atoms. The van der Waals surface area contributed by atoms with E-state index in [0.29, 0.717) is 0 Å². The summed E-state index contributed by atoms with van der Waals surface area (Å²) in [5.41, 5.74) is 0. The first-order chi connectivity index (χ1) is 3.71. The van der Waals surface area contributed by atoms with Gasteiger partial charge in [0.05, 0.1) is 0 Å². The molecule has 0 aromatic rings. The molecule has 0 atom stereocenters. The van der Waals surface area contributed by atoms with Crippen LogP contribution in [0.15, 0.2) is 0 Å². The number of hydrogen-bond acceptors (Lipinski definition) is 6. The Bertz CT molecular complexity index is 241. The van der Waals surface area contributed by atoms with E-state index in [9.17, 15) is 25.9 Å². The van der Waals surface area contributed by atoms with Crippen molar-refractivity contribution in [3.8, 4) is 0 Å². The molecule has 0 rings (SSSR count). The Morgan fingerprint density at radius 3 is 1.10 bits per heavy atom. The molecule has 0 aromatic carbocycles. The van der Waals surface area contributed by atoms with Crippen molar-refractivity contribution in [3.05, 3.63) is 0 Å². The average Bonchev–Trinajstić information content (AvgIpc) is 1.14. The molecule has 6 nitrogen and oxygen atoms in total. The Hall–Kier alpha value is 0.755. The Labute approximate surface area is 78.6 Å². The minimum atomic E-state index is -4.93. The first-order valence-electron chi connectivity index (χ1n) is 1.58. The van der Waals surface area contributed by atoms with Gasteiger partial charge in [0.25, 0.3) is 0 Å². The second kappa shape index (κ2) is 3.95. The summed E-state index contributed by atoms with van der Waals surface area (Å²) in [6.07, 6.45) is 0. The van der Waals surface area contributed by atoms with E-state index in [2.05, 4.69) is 0 Å². The minimum absolute atomic E-state index is 0. The largest absolute Gasteiger partial charge is 2.00 e. The van der Waals surface area contributed by atoms with Gasteiger partial charge in [-0.2, -0.15) is 0 Å². The Kier molecular flexibility index (Phi) is 5.28. The van der Waals surface area contributed by atoms with Gasteiger partial charge >= 0.3 is 27.7 Å². The average molecular weight is 375 g/mol. The zero-order chi connectivity index (χ0) is 7.71. The molecule has 0 saturated carbocycles. The fraction of sp³-hybridized carbons (Fsp3) is 1.00. The summed E-state index contributed by atoms with van der Waals surface area (Å²) < 4.78 is 57.1. The Balaban J connectivity index is 0. The van der Waals surface area contributed by atoms with Crippen LogP contribution in [0.4, 0.5) is 0 Å². The van der Waals surface area contributed by atoms with Gasteiger partial charge < -0.3 is 9.11 Å². The van der Waals surface area contributed by atoms with Crippen LogP contribution in [0.1, 0.15) is 0 Å². The summed E-state index contributed by atoms with van der Waals surface area (Å²) in [5, 5.41) is -1.88. The van der Waals surface area contributed by atoms with Gasteiger partial charge in [0.1, 0.15) is 25.3 Å². The van der Waals surface area contributed by atoms with E-state index >= 15 is 0 Å². The maximum Gasteiger partial charge on any atom is 2.00 e. The van der Waals surface area contributed by atoms with Gasteiger partial charge in [-0.3, -0.25) is 0 Å². The predicted molar refractivity (Wildman–Crippen MR) is 24.3 cm³/mol. The van der Waals surface area contributed by atoms with Crippen LogP contribution in [0.2, 0.25) is 0 Å². The zero-order valence-corrected chi connectivity index (χ0v) is 11.8. The number of rotatable bonds is 2. The summed E-state index contributed by atoms with van der Waals surface area (Å²) in [6, 6.07) is 0. The summed E-state index contributed by atoms with van der Waals surface area (Å²) >= 11 is 0. The van der Waals surface area contributed by atoms with Gasteiger partial charge in [-0.15, -0.1) is 0 Å². The molecule has 0 heterocycles. The normalized spacial score (nSPS) is 12.2. The van der Waals surface area contributed by atoms with Gasteiger partial charge in [0, 0.05) is 0 Å². The van der Waals surface area contributed by atoms with E-state index in [1.807, 2.05) is 0 Å². The fourth-order valence-corrected chi connectivity index (χ4v) is 1.59. The molecule has 0 aromatic heterocycles. The van der Waals surface area contributed by atoms with Crippen molar-refractivity contribution in [1.29, 1.82) is 0 Å². The van der Waals surface area contributed by atoms with Crippen LogP contribution < -0.4 is 0 Å².